The number of guanidine groups is 1. The Hall–Kier alpha value is -1.61. The zero-order chi connectivity index (χ0) is 17.5. The molecule has 3 rings (SSSR count). The summed E-state index contributed by atoms with van der Waals surface area (Å²) in [5, 5.41) is 6.70. The highest BCUT2D eigenvalue weighted by atomic mass is 127. The van der Waals surface area contributed by atoms with Crippen LogP contribution in [0, 0.1) is 0 Å². The van der Waals surface area contributed by atoms with Crippen molar-refractivity contribution < 1.29 is 4.74 Å². The van der Waals surface area contributed by atoms with Crippen LogP contribution in [-0.2, 0) is 17.8 Å². The summed E-state index contributed by atoms with van der Waals surface area (Å²) in [4.78, 5) is 8.76. The Balaban J connectivity index is 0.00000243. The van der Waals surface area contributed by atoms with E-state index in [0.29, 0.717) is 6.54 Å². The number of nitrogens with zero attached hydrogens (tertiary/aromatic N) is 3. The summed E-state index contributed by atoms with van der Waals surface area (Å²) in [6.45, 7) is 5.19. The van der Waals surface area contributed by atoms with Crippen molar-refractivity contribution in [3.8, 4) is 0 Å². The van der Waals surface area contributed by atoms with Crippen molar-refractivity contribution in [2.24, 2.45) is 4.99 Å². The van der Waals surface area contributed by atoms with E-state index in [1.54, 1.807) is 7.05 Å². The molecule has 0 bridgehead atoms. The third-order valence-electron chi connectivity index (χ3n) is 4.57. The number of aromatic nitrogens is 2. The molecule has 0 radical (unpaired) electrons. The first-order valence-electron chi connectivity index (χ1n) is 8.81. The molecule has 142 valence electrons. The van der Waals surface area contributed by atoms with Crippen LogP contribution >= 0.6 is 24.0 Å². The summed E-state index contributed by atoms with van der Waals surface area (Å²) in [5.41, 5.74) is 1.17. The maximum atomic E-state index is 5.81. The number of nitrogens with one attached hydrogen (secondary N) is 2. The van der Waals surface area contributed by atoms with E-state index in [-0.39, 0.29) is 29.6 Å². The van der Waals surface area contributed by atoms with E-state index >= 15 is 0 Å². The van der Waals surface area contributed by atoms with Gasteiger partial charge in [-0.05, 0) is 25.3 Å². The van der Waals surface area contributed by atoms with Gasteiger partial charge >= 0.3 is 0 Å². The molecule has 1 saturated heterocycles. The highest BCUT2D eigenvalue weighted by molar-refractivity contribution is 14.0. The summed E-state index contributed by atoms with van der Waals surface area (Å²) >= 11 is 0. The molecular weight excluding hydrogens is 441 g/mol. The highest BCUT2D eigenvalue weighted by Crippen LogP contribution is 2.23. The second-order valence-corrected chi connectivity index (χ2v) is 6.64. The molecule has 0 aliphatic carbocycles. The number of benzene rings is 1. The molecule has 2 heterocycles. The molecule has 7 heteroatoms. The third kappa shape index (κ3) is 5.70. The topological polar surface area (TPSA) is 63.5 Å². The average Bonchev–Trinajstić information content (AvgIpc) is 3.26. The van der Waals surface area contributed by atoms with Crippen molar-refractivity contribution in [2.45, 2.75) is 38.5 Å². The van der Waals surface area contributed by atoms with Gasteiger partial charge in [-0.3, -0.25) is 4.99 Å². The molecule has 1 unspecified atom stereocenters. The van der Waals surface area contributed by atoms with Gasteiger partial charge in [0.15, 0.2) is 5.96 Å². The van der Waals surface area contributed by atoms with E-state index in [4.69, 9.17) is 4.74 Å². The maximum absolute atomic E-state index is 5.81. The zero-order valence-corrected chi connectivity index (χ0v) is 17.8. The van der Waals surface area contributed by atoms with Gasteiger partial charge < -0.3 is 19.9 Å². The fraction of sp³-hybridized carbons (Fsp3) is 0.474. The minimum absolute atomic E-state index is 0. The first-order valence-corrected chi connectivity index (χ1v) is 8.81. The molecule has 1 aliphatic heterocycles. The monoisotopic (exact) mass is 469 g/mol. The molecule has 26 heavy (non-hydrogen) atoms. The third-order valence-corrected chi connectivity index (χ3v) is 4.57. The number of ether oxygens (including phenoxy) is 1. The second-order valence-electron chi connectivity index (χ2n) is 6.64. The molecule has 1 aliphatic rings. The van der Waals surface area contributed by atoms with Crippen LogP contribution in [-0.4, -0.2) is 41.3 Å². The molecule has 2 N–H and O–H groups in total. The number of hydrogen-bond donors (Lipinski definition) is 2. The number of halogens is 1. The van der Waals surface area contributed by atoms with Crippen LogP contribution in [0.1, 0.15) is 31.2 Å². The van der Waals surface area contributed by atoms with Gasteiger partial charge in [-0.2, -0.15) is 0 Å². The molecule has 6 nitrogen and oxygen atoms in total. The molecule has 1 fully saturated rings. The van der Waals surface area contributed by atoms with Gasteiger partial charge in [-0.15, -0.1) is 24.0 Å². The van der Waals surface area contributed by atoms with Gasteiger partial charge in [0, 0.05) is 39.1 Å². The van der Waals surface area contributed by atoms with E-state index in [1.807, 2.05) is 18.5 Å². The van der Waals surface area contributed by atoms with E-state index in [2.05, 4.69) is 56.4 Å². The fourth-order valence-corrected chi connectivity index (χ4v) is 3.06. The standard InChI is InChI=1S/C19H27N5O.HI/c1-19(9-6-12-25-19)15-23-18(20-2)22-13-17-21-10-11-24(17)14-16-7-4-3-5-8-16;/h3-5,7-8,10-11H,6,9,12-15H2,1-2H3,(H2,20,22,23);1H. The summed E-state index contributed by atoms with van der Waals surface area (Å²) < 4.78 is 7.96. The number of hydrogen-bond acceptors (Lipinski definition) is 3. The van der Waals surface area contributed by atoms with Crippen LogP contribution in [0.3, 0.4) is 0 Å². The Morgan fingerprint density at radius 2 is 2.12 bits per heavy atom. The SMILES string of the molecule is CN=C(NCc1nccn1Cc1ccccc1)NCC1(C)CCCO1.I. The van der Waals surface area contributed by atoms with Crippen molar-refractivity contribution in [3.63, 3.8) is 0 Å². The summed E-state index contributed by atoms with van der Waals surface area (Å²) in [5.74, 6) is 1.75. The summed E-state index contributed by atoms with van der Waals surface area (Å²) in [7, 11) is 1.78. The van der Waals surface area contributed by atoms with E-state index in [9.17, 15) is 0 Å². The van der Waals surface area contributed by atoms with Gasteiger partial charge in [0.05, 0.1) is 12.1 Å². The van der Waals surface area contributed by atoms with Gasteiger partial charge in [-0.1, -0.05) is 30.3 Å². The first-order chi connectivity index (χ1) is 12.2. The van der Waals surface area contributed by atoms with Crippen molar-refractivity contribution in [1.29, 1.82) is 0 Å². The normalized spacial score (nSPS) is 19.8. The Morgan fingerprint density at radius 3 is 2.81 bits per heavy atom. The second kappa shape index (κ2) is 9.91. The number of aliphatic imine (C=N–C) groups is 1. The van der Waals surface area contributed by atoms with Crippen molar-refractivity contribution in [3.05, 3.63) is 54.1 Å². The number of imidazole rings is 1. The van der Waals surface area contributed by atoms with Crippen LogP contribution in [0.4, 0.5) is 0 Å². The Morgan fingerprint density at radius 1 is 1.31 bits per heavy atom. The summed E-state index contributed by atoms with van der Waals surface area (Å²) in [6, 6.07) is 10.4. The predicted molar refractivity (Wildman–Crippen MR) is 115 cm³/mol. The molecule has 1 aromatic heterocycles. The van der Waals surface area contributed by atoms with E-state index in [0.717, 1.165) is 44.3 Å². The largest absolute Gasteiger partial charge is 0.373 e. The van der Waals surface area contributed by atoms with Crippen molar-refractivity contribution in [2.75, 3.05) is 20.2 Å². The highest BCUT2D eigenvalue weighted by Gasteiger charge is 2.29. The molecule has 1 atom stereocenters. The quantitative estimate of drug-likeness (QED) is 0.388. The predicted octanol–water partition coefficient (Wildman–Crippen LogP) is 2.78. The van der Waals surface area contributed by atoms with Gasteiger partial charge in [-0.25, -0.2) is 4.98 Å². The average molecular weight is 469 g/mol. The van der Waals surface area contributed by atoms with E-state index < -0.39 is 0 Å². The van der Waals surface area contributed by atoms with Crippen molar-refractivity contribution in [1.82, 2.24) is 20.2 Å². The van der Waals surface area contributed by atoms with Crippen molar-refractivity contribution >= 4 is 29.9 Å². The fourth-order valence-electron chi connectivity index (χ4n) is 3.06. The van der Waals surface area contributed by atoms with Crippen LogP contribution in [0.2, 0.25) is 0 Å². The molecule has 2 aromatic rings. The molecular formula is C19H28IN5O. The maximum Gasteiger partial charge on any atom is 0.191 e. The van der Waals surface area contributed by atoms with Gasteiger partial charge in [0.2, 0.25) is 0 Å². The molecule has 0 amide bonds. The van der Waals surface area contributed by atoms with Gasteiger partial charge in [0.1, 0.15) is 5.82 Å². The number of rotatable bonds is 6. The lowest BCUT2D eigenvalue weighted by Gasteiger charge is -2.24. The molecule has 0 spiro atoms. The lowest BCUT2D eigenvalue weighted by atomic mass is 10.0. The van der Waals surface area contributed by atoms with Crippen LogP contribution in [0.15, 0.2) is 47.7 Å². The Labute approximate surface area is 172 Å². The van der Waals surface area contributed by atoms with Crippen LogP contribution in [0.25, 0.3) is 0 Å². The first kappa shape index (κ1) is 20.7. The smallest absolute Gasteiger partial charge is 0.191 e. The van der Waals surface area contributed by atoms with Crippen LogP contribution < -0.4 is 10.6 Å². The Bertz CT molecular complexity index is 695. The lowest BCUT2D eigenvalue weighted by Crippen LogP contribution is -2.45. The Kier molecular flexibility index (Phi) is 7.89. The van der Waals surface area contributed by atoms with Crippen LogP contribution in [0.5, 0.6) is 0 Å². The van der Waals surface area contributed by atoms with Gasteiger partial charge in [0.25, 0.3) is 0 Å². The lowest BCUT2D eigenvalue weighted by molar-refractivity contribution is 0.0243. The molecule has 0 saturated carbocycles. The summed E-state index contributed by atoms with van der Waals surface area (Å²) in [6.07, 6.45) is 6.05. The molecule has 1 aromatic carbocycles. The minimum atomic E-state index is -0.0939. The van der Waals surface area contributed by atoms with E-state index in [1.165, 1.54) is 5.56 Å². The minimum Gasteiger partial charge on any atom is -0.373 e. The zero-order valence-electron chi connectivity index (χ0n) is 15.4.